The summed E-state index contributed by atoms with van der Waals surface area (Å²) in [5.74, 6) is 0. The van der Waals surface area contributed by atoms with E-state index in [9.17, 15) is 0 Å². The lowest BCUT2D eigenvalue weighted by Gasteiger charge is -2.22. The summed E-state index contributed by atoms with van der Waals surface area (Å²) in [5.41, 5.74) is 31.1. The predicted molar refractivity (Wildman–Crippen MR) is 576 cm³/mol. The van der Waals surface area contributed by atoms with Crippen LogP contribution < -0.4 is 0 Å². The van der Waals surface area contributed by atoms with Crippen molar-refractivity contribution in [2.45, 2.75) is 19.3 Å². The second-order valence-electron chi connectivity index (χ2n) is 33.6. The van der Waals surface area contributed by atoms with Crippen molar-refractivity contribution < 1.29 is 26.5 Å². The Hall–Kier alpha value is -13.7. The van der Waals surface area contributed by atoms with Gasteiger partial charge in [-0.25, -0.2) is 0 Å². The molecule has 0 atom stereocenters. The van der Waals surface area contributed by atoms with Gasteiger partial charge in [-0.05, 0) is 270 Å². The molecule has 0 unspecified atom stereocenters. The third-order valence-electron chi connectivity index (χ3n) is 25.1. The first-order valence-electron chi connectivity index (χ1n) is 43.7. The lowest BCUT2D eigenvalue weighted by molar-refractivity contribution is 0.660. The maximum absolute atomic E-state index is 6.06. The minimum absolute atomic E-state index is 0.0170. The van der Waals surface area contributed by atoms with Gasteiger partial charge in [-0.15, -0.1) is 0 Å². The van der Waals surface area contributed by atoms with E-state index < -0.39 is 0 Å². The lowest BCUT2D eigenvalue weighted by atomic mass is 9.81. The summed E-state index contributed by atoms with van der Waals surface area (Å²) in [7, 11) is 0. The molecule has 0 aliphatic heterocycles. The molecule has 6 nitrogen and oxygen atoms in total. The molecule has 0 fully saturated rings. The van der Waals surface area contributed by atoms with E-state index in [4.69, 9.17) is 26.5 Å². The number of hydrogen-bond acceptors (Lipinski definition) is 6. The van der Waals surface area contributed by atoms with Crippen molar-refractivity contribution in [1.82, 2.24) is 0 Å². The smallest absolute Gasteiger partial charge is 0.143 e. The van der Waals surface area contributed by atoms with Crippen LogP contribution in [0.4, 0.5) is 0 Å². The first-order valence-corrected chi connectivity index (χ1v) is 48.5. The van der Waals surface area contributed by atoms with Crippen molar-refractivity contribution in [3.63, 3.8) is 0 Å². The zero-order chi connectivity index (χ0) is 90.0. The van der Waals surface area contributed by atoms with Gasteiger partial charge in [-0.3, -0.25) is 0 Å². The molecule has 26 aromatic rings. The van der Waals surface area contributed by atoms with Gasteiger partial charge in [-0.1, -0.05) is 358 Å². The number of halogens is 6. The van der Waals surface area contributed by atoms with Gasteiger partial charge in [0.1, 0.15) is 67.0 Å². The minimum Gasteiger partial charge on any atom is -0.456 e. The number of para-hydroxylation sites is 6. The minimum atomic E-state index is -0.0170. The van der Waals surface area contributed by atoms with Crippen molar-refractivity contribution in [2.24, 2.45) is 0 Å². The van der Waals surface area contributed by atoms with Crippen LogP contribution in [0, 0.1) is 0 Å². The molecule has 0 saturated heterocycles. The summed E-state index contributed by atoms with van der Waals surface area (Å²) in [6, 6.07) is 147. The number of benzene rings is 20. The van der Waals surface area contributed by atoms with Gasteiger partial charge in [0, 0.05) is 102 Å². The number of fused-ring (bicyclic) bond motifs is 23. The van der Waals surface area contributed by atoms with Gasteiger partial charge in [-0.2, -0.15) is 0 Å². The molecule has 0 radical (unpaired) electrons. The topological polar surface area (TPSA) is 78.8 Å². The molecular weight excluding hydrogens is 2030 g/mol. The first kappa shape index (κ1) is 84.9. The Morgan fingerprint density at radius 3 is 0.977 bits per heavy atom. The van der Waals surface area contributed by atoms with E-state index in [1.54, 1.807) is 0 Å². The molecule has 1 aliphatic rings. The molecule has 12 heteroatoms. The molecule has 0 N–H and O–H groups in total. The van der Waals surface area contributed by atoms with Crippen LogP contribution in [0.3, 0.4) is 0 Å². The van der Waals surface area contributed by atoms with Crippen LogP contribution in [0.25, 0.3) is 220 Å². The van der Waals surface area contributed by atoms with Crippen molar-refractivity contribution >= 4 is 238 Å². The highest BCUT2D eigenvalue weighted by atomic mass is 79.9. The van der Waals surface area contributed by atoms with E-state index in [1.807, 2.05) is 103 Å². The summed E-state index contributed by atoms with van der Waals surface area (Å²) in [4.78, 5) is 0. The molecule has 638 valence electrons. The van der Waals surface area contributed by atoms with Crippen molar-refractivity contribution in [3.05, 3.63) is 463 Å². The van der Waals surface area contributed by atoms with Gasteiger partial charge in [0.15, 0.2) is 0 Å². The molecular formula is C121H76Br6O6. The molecule has 133 heavy (non-hydrogen) atoms. The van der Waals surface area contributed by atoms with Crippen LogP contribution in [0.2, 0.25) is 0 Å². The third-order valence-corrected chi connectivity index (χ3v) is 28.1. The monoisotopic (exact) mass is 2100 g/mol. The van der Waals surface area contributed by atoms with E-state index in [-0.39, 0.29) is 5.41 Å². The predicted octanol–water partition coefficient (Wildman–Crippen LogP) is 39.6. The van der Waals surface area contributed by atoms with Crippen LogP contribution in [0.1, 0.15) is 25.0 Å². The van der Waals surface area contributed by atoms with Crippen LogP contribution in [0.15, 0.2) is 478 Å². The number of furan rings is 6. The molecule has 0 spiro atoms. The van der Waals surface area contributed by atoms with Crippen molar-refractivity contribution in [1.29, 1.82) is 0 Å². The van der Waals surface area contributed by atoms with Gasteiger partial charge in [0.25, 0.3) is 0 Å². The van der Waals surface area contributed by atoms with Gasteiger partial charge in [0.05, 0.1) is 0 Å². The van der Waals surface area contributed by atoms with E-state index in [2.05, 4.69) is 431 Å². The third kappa shape index (κ3) is 16.8. The second kappa shape index (κ2) is 36.1. The lowest BCUT2D eigenvalue weighted by Crippen LogP contribution is -2.15. The Morgan fingerprint density at radius 1 is 0.165 bits per heavy atom. The van der Waals surface area contributed by atoms with Gasteiger partial charge >= 0.3 is 0 Å². The highest BCUT2D eigenvalue weighted by Gasteiger charge is 2.36. The van der Waals surface area contributed by atoms with Crippen molar-refractivity contribution in [2.75, 3.05) is 0 Å². The molecule has 0 bridgehead atoms. The van der Waals surface area contributed by atoms with Gasteiger partial charge in [0.2, 0.25) is 0 Å². The molecule has 6 aromatic heterocycles. The Morgan fingerprint density at radius 2 is 0.466 bits per heavy atom. The fourth-order valence-corrected chi connectivity index (χ4v) is 20.4. The summed E-state index contributed by atoms with van der Waals surface area (Å²) < 4.78 is 42.2. The number of hydrogen-bond donors (Lipinski definition) is 0. The molecule has 27 rings (SSSR count). The first-order chi connectivity index (χ1) is 65.1. The second-order valence-corrected chi connectivity index (χ2v) is 39.1. The van der Waals surface area contributed by atoms with Crippen LogP contribution in [0.5, 0.6) is 0 Å². The highest BCUT2D eigenvalue weighted by molar-refractivity contribution is 9.11. The standard InChI is InChI=1S/C27H19BrO.C24H15BrO.C22H13BrO.2C18H11BrO.C12H7BrO/c1-27(2)23-14-17(7-10-19(23)20-11-9-18(28)15-24(20)27)16-8-12-26-22(13-16)21-5-3-4-6-25(21)29-26;25-20-11-8-16(9-12-20)17-4-3-5-18(14-17)19-10-13-24-22(15-19)21-6-1-2-7-23(21)26-24;23-17-9-5-14(6-10-17)16-8-11-20-19(13-16)22-18-4-2-1-3-15(18)7-12-21(22)24-20;19-14-5-3-4-12(10-14)13-8-9-18-16(11-13)15-6-1-2-7-17(15)20-18;19-13-10-8-12(9-11-13)14-5-3-6-16-15-4-1-2-7-17(15)20-18(14)16;13-8-5-6-12-10(7-8)9-3-1-2-4-11(9)14-12/h3-15H,1-2H3;1-15H;1-13H;2*1-11H;1-7H. The average molecular weight is 2110 g/mol. The van der Waals surface area contributed by atoms with Crippen LogP contribution in [-0.2, 0) is 5.41 Å². The summed E-state index contributed by atoms with van der Waals surface area (Å²) in [6.45, 7) is 4.64. The summed E-state index contributed by atoms with van der Waals surface area (Å²) in [6.07, 6.45) is 0. The van der Waals surface area contributed by atoms with E-state index >= 15 is 0 Å². The Labute approximate surface area is 816 Å². The molecule has 6 heterocycles. The average Bonchev–Trinajstić information content (AvgIpc) is 1.57. The fraction of sp³-hybridized carbons (Fsp3) is 0.0248. The van der Waals surface area contributed by atoms with Gasteiger partial charge < -0.3 is 26.5 Å². The normalized spacial score (nSPS) is 12.0. The Balaban J connectivity index is 0.0000000941. The molecule has 20 aromatic carbocycles. The maximum atomic E-state index is 6.06. The SMILES string of the molecule is Brc1ccc(-c2ccc3oc4ccc5ccccc5c4c3c2)cc1.Brc1ccc(-c2cccc(-c3ccc4oc5ccccc5c4c3)c2)cc1.Brc1ccc(-c2cccc3c2oc2ccccc23)cc1.Brc1ccc2oc3ccccc3c2c1.Brc1cccc(-c2ccc3oc4ccccc4c3c2)c1.CC1(C)c2cc(Br)ccc2-c2ccc(-c3ccc4oc5ccccc5c4c3)cc21. The summed E-state index contributed by atoms with van der Waals surface area (Å²) in [5, 5.41) is 16.5. The van der Waals surface area contributed by atoms with Crippen LogP contribution in [-0.4, -0.2) is 0 Å². The summed E-state index contributed by atoms with van der Waals surface area (Å²) >= 11 is 21.1. The Bertz CT molecular complexity index is 8960. The molecule has 1 aliphatic carbocycles. The van der Waals surface area contributed by atoms with E-state index in [1.165, 1.54) is 132 Å². The zero-order valence-electron chi connectivity index (χ0n) is 71.6. The van der Waals surface area contributed by atoms with Crippen LogP contribution >= 0.6 is 95.6 Å². The maximum Gasteiger partial charge on any atom is 0.143 e. The quantitative estimate of drug-likeness (QED) is 0.165. The zero-order valence-corrected chi connectivity index (χ0v) is 81.1. The fourth-order valence-electron chi connectivity index (χ4n) is 18.5. The molecule has 0 saturated carbocycles. The number of rotatable bonds is 6. The largest absolute Gasteiger partial charge is 0.456 e. The van der Waals surface area contributed by atoms with E-state index in [0.29, 0.717) is 0 Å². The Kier molecular flexibility index (Phi) is 23.1. The van der Waals surface area contributed by atoms with Crippen molar-refractivity contribution in [3.8, 4) is 77.9 Å². The molecule has 0 amide bonds. The highest BCUT2D eigenvalue weighted by Crippen LogP contribution is 2.51. The van der Waals surface area contributed by atoms with E-state index in [0.717, 1.165) is 127 Å².